The fraction of sp³-hybridized carbons (Fsp3) is 0.250. The summed E-state index contributed by atoms with van der Waals surface area (Å²) in [6, 6.07) is 3.63. The molecule has 1 rings (SSSR count). The molecule has 4 heteroatoms. The number of hydrogen-bond acceptors (Lipinski definition) is 2. The molecule has 68 valence electrons. The molecule has 12 heavy (non-hydrogen) atoms. The van der Waals surface area contributed by atoms with E-state index in [1.807, 2.05) is 13.8 Å². The zero-order valence-corrected chi connectivity index (χ0v) is 7.79. The van der Waals surface area contributed by atoms with Crippen molar-refractivity contribution in [3.63, 3.8) is 0 Å². The van der Waals surface area contributed by atoms with Gasteiger partial charge in [0.25, 0.3) is 0 Å². The smallest absolute Gasteiger partial charge is 0.141 e. The summed E-state index contributed by atoms with van der Waals surface area (Å²) in [6.07, 6.45) is 0. The molecule has 0 radical (unpaired) electrons. The number of hydrogen-bond donors (Lipinski definition) is 1. The van der Waals surface area contributed by atoms with Gasteiger partial charge in [-0.15, -0.1) is 0 Å². The molecule has 0 unspecified atom stereocenters. The summed E-state index contributed by atoms with van der Waals surface area (Å²) >= 11 is 0.572. The third-order valence-electron chi connectivity index (χ3n) is 1.04. The monoisotopic (exact) mass is 191 g/mol. The summed E-state index contributed by atoms with van der Waals surface area (Å²) in [5, 5.41) is 4.99. The number of rotatable bonds is 1. The van der Waals surface area contributed by atoms with Crippen LogP contribution in [0.3, 0.4) is 0 Å². The first-order valence-corrected chi connectivity index (χ1v) is 4.44. The third kappa shape index (κ3) is 2.79. The van der Waals surface area contributed by atoms with E-state index in [0.29, 0.717) is 11.9 Å². The Hall–Kier alpha value is -0.610. The molecule has 0 aliphatic carbocycles. The fourth-order valence-electron chi connectivity index (χ4n) is 0.595. The van der Waals surface area contributed by atoms with E-state index in [0.717, 1.165) is 12.1 Å². The second-order valence-corrected chi connectivity index (χ2v) is 2.31. The lowest BCUT2D eigenvalue weighted by Crippen LogP contribution is -1.89. The third-order valence-corrected chi connectivity index (χ3v) is 1.66. The van der Waals surface area contributed by atoms with Gasteiger partial charge in [0.05, 0.1) is 4.90 Å². The summed E-state index contributed by atoms with van der Waals surface area (Å²) < 4.78 is 25.0. The minimum Gasteiger partial charge on any atom is -0.273 e. The molecule has 0 aromatic heterocycles. The number of halogens is 2. The zero-order valence-electron chi connectivity index (χ0n) is 6.97. The lowest BCUT2D eigenvalue weighted by molar-refractivity contribution is 0.541. The summed E-state index contributed by atoms with van der Waals surface area (Å²) in [5.41, 5.74) is 0. The SMILES string of the molecule is CC.NSc1c(F)cccc1F. The Morgan fingerprint density at radius 3 is 1.83 bits per heavy atom. The minimum atomic E-state index is -0.618. The Bertz CT molecular complexity index is 220. The molecule has 0 aliphatic heterocycles. The van der Waals surface area contributed by atoms with E-state index in [9.17, 15) is 8.78 Å². The molecule has 0 bridgehead atoms. The topological polar surface area (TPSA) is 26.0 Å². The first kappa shape index (κ1) is 11.4. The van der Waals surface area contributed by atoms with E-state index >= 15 is 0 Å². The molecule has 1 aromatic carbocycles. The molecule has 0 heterocycles. The second kappa shape index (κ2) is 5.97. The zero-order chi connectivity index (χ0) is 9.56. The van der Waals surface area contributed by atoms with Gasteiger partial charge in [0.2, 0.25) is 0 Å². The Morgan fingerprint density at radius 1 is 1.17 bits per heavy atom. The predicted octanol–water partition coefficient (Wildman–Crippen LogP) is 2.96. The van der Waals surface area contributed by atoms with Crippen molar-refractivity contribution in [2.24, 2.45) is 5.14 Å². The summed E-state index contributed by atoms with van der Waals surface area (Å²) in [4.78, 5) is -0.137. The van der Waals surface area contributed by atoms with Crippen LogP contribution in [0.15, 0.2) is 23.1 Å². The van der Waals surface area contributed by atoms with E-state index in [2.05, 4.69) is 0 Å². The van der Waals surface area contributed by atoms with Crippen LogP contribution in [0.25, 0.3) is 0 Å². The van der Waals surface area contributed by atoms with Gasteiger partial charge >= 0.3 is 0 Å². The van der Waals surface area contributed by atoms with Crippen molar-refractivity contribution in [1.82, 2.24) is 0 Å². The van der Waals surface area contributed by atoms with Crippen molar-refractivity contribution in [2.45, 2.75) is 18.7 Å². The molecule has 0 saturated heterocycles. The van der Waals surface area contributed by atoms with Crippen molar-refractivity contribution >= 4 is 11.9 Å². The Labute approximate surface area is 75.1 Å². The highest BCUT2D eigenvalue weighted by atomic mass is 32.2. The second-order valence-electron chi connectivity index (χ2n) is 1.67. The predicted molar refractivity (Wildman–Crippen MR) is 47.8 cm³/mol. The first-order valence-electron chi connectivity index (χ1n) is 3.56. The first-order chi connectivity index (χ1) is 5.75. The number of nitrogens with two attached hydrogens (primary N) is 1. The van der Waals surface area contributed by atoms with Crippen LogP contribution in [0.5, 0.6) is 0 Å². The molecular weight excluding hydrogens is 180 g/mol. The molecule has 0 aliphatic rings. The molecule has 0 amide bonds. The van der Waals surface area contributed by atoms with Crippen molar-refractivity contribution in [3.8, 4) is 0 Å². The van der Waals surface area contributed by atoms with Gasteiger partial charge in [-0.2, -0.15) is 0 Å². The standard InChI is InChI=1S/C6H5F2NS.C2H6/c7-4-2-1-3-5(8)6(4)10-9;1-2/h1-3H,9H2;1-2H3. The molecule has 0 atom stereocenters. The highest BCUT2D eigenvalue weighted by molar-refractivity contribution is 7.97. The largest absolute Gasteiger partial charge is 0.273 e. The highest BCUT2D eigenvalue weighted by Gasteiger charge is 2.05. The molecule has 0 saturated carbocycles. The van der Waals surface area contributed by atoms with E-state index in [-0.39, 0.29) is 4.90 Å². The van der Waals surface area contributed by atoms with Gasteiger partial charge in [0.1, 0.15) is 11.6 Å². The summed E-state index contributed by atoms with van der Waals surface area (Å²) in [6.45, 7) is 4.00. The molecular formula is C8H11F2NS. The van der Waals surface area contributed by atoms with Crippen molar-refractivity contribution < 1.29 is 8.78 Å². The quantitative estimate of drug-likeness (QED) is 0.690. The van der Waals surface area contributed by atoms with E-state index in [1.54, 1.807) is 0 Å². The maximum absolute atomic E-state index is 12.5. The highest BCUT2D eigenvalue weighted by Crippen LogP contribution is 2.19. The molecule has 0 fully saturated rings. The van der Waals surface area contributed by atoms with Gasteiger partial charge in [-0.3, -0.25) is 5.14 Å². The molecule has 1 aromatic rings. The van der Waals surface area contributed by atoms with Gasteiger partial charge < -0.3 is 0 Å². The summed E-state index contributed by atoms with van der Waals surface area (Å²) in [7, 11) is 0. The van der Waals surface area contributed by atoms with Crippen LogP contribution in [-0.2, 0) is 0 Å². The van der Waals surface area contributed by atoms with Crippen LogP contribution in [-0.4, -0.2) is 0 Å². The van der Waals surface area contributed by atoms with Crippen LogP contribution < -0.4 is 5.14 Å². The lowest BCUT2D eigenvalue weighted by atomic mass is 10.3. The van der Waals surface area contributed by atoms with Gasteiger partial charge in [-0.1, -0.05) is 19.9 Å². The van der Waals surface area contributed by atoms with Crippen LogP contribution in [0.1, 0.15) is 13.8 Å². The fourth-order valence-corrected chi connectivity index (χ4v) is 0.956. The van der Waals surface area contributed by atoms with Gasteiger partial charge in [0, 0.05) is 0 Å². The maximum atomic E-state index is 12.5. The Balaban J connectivity index is 0.000000561. The van der Waals surface area contributed by atoms with Gasteiger partial charge in [-0.05, 0) is 24.1 Å². The molecule has 2 N–H and O–H groups in total. The van der Waals surface area contributed by atoms with Crippen LogP contribution >= 0.6 is 11.9 Å². The minimum absolute atomic E-state index is 0.137. The average Bonchev–Trinajstić information content (AvgIpc) is 2.08. The Kier molecular flexibility index (Phi) is 5.66. The van der Waals surface area contributed by atoms with E-state index in [4.69, 9.17) is 5.14 Å². The van der Waals surface area contributed by atoms with E-state index < -0.39 is 11.6 Å². The van der Waals surface area contributed by atoms with Crippen LogP contribution in [0.2, 0.25) is 0 Å². The van der Waals surface area contributed by atoms with Crippen LogP contribution in [0.4, 0.5) is 8.78 Å². The maximum Gasteiger partial charge on any atom is 0.141 e. The molecule has 0 spiro atoms. The van der Waals surface area contributed by atoms with Crippen molar-refractivity contribution in [1.29, 1.82) is 0 Å². The Morgan fingerprint density at radius 2 is 1.58 bits per heavy atom. The van der Waals surface area contributed by atoms with Crippen molar-refractivity contribution in [3.05, 3.63) is 29.8 Å². The van der Waals surface area contributed by atoms with Gasteiger partial charge in [0.15, 0.2) is 0 Å². The lowest BCUT2D eigenvalue weighted by Gasteiger charge is -1.97. The summed E-state index contributed by atoms with van der Waals surface area (Å²) in [5.74, 6) is -1.24. The normalized spacial score (nSPS) is 8.75. The van der Waals surface area contributed by atoms with Crippen LogP contribution in [0, 0.1) is 11.6 Å². The van der Waals surface area contributed by atoms with Crippen molar-refractivity contribution in [2.75, 3.05) is 0 Å². The van der Waals surface area contributed by atoms with E-state index in [1.165, 1.54) is 6.07 Å². The van der Waals surface area contributed by atoms with Gasteiger partial charge in [-0.25, -0.2) is 8.78 Å². The average molecular weight is 191 g/mol. The number of benzene rings is 1. The molecule has 1 nitrogen and oxygen atoms in total.